The fourth-order valence-corrected chi connectivity index (χ4v) is 7.04. The summed E-state index contributed by atoms with van der Waals surface area (Å²) < 4.78 is 2.29. The number of benzene rings is 7. The first kappa shape index (κ1) is 27.0. The Morgan fingerprint density at radius 3 is 1.74 bits per heavy atom. The van der Waals surface area contributed by atoms with Gasteiger partial charge in [-0.1, -0.05) is 127 Å². The number of imidazole rings is 1. The molecule has 0 saturated carbocycles. The van der Waals surface area contributed by atoms with Gasteiger partial charge in [-0.2, -0.15) is 0 Å². The Bertz CT molecular complexity index is 2510. The van der Waals surface area contributed by atoms with E-state index in [0.717, 1.165) is 44.9 Å². The maximum atomic E-state index is 5.27. The number of hydrogen-bond donors (Lipinski definition) is 0. The van der Waals surface area contributed by atoms with E-state index in [0.29, 0.717) is 0 Å². The lowest BCUT2D eigenvalue weighted by molar-refractivity contribution is 1.10. The number of aromatic nitrogens is 3. The molecule has 7 aromatic carbocycles. The topological polar surface area (TPSA) is 30.7 Å². The Balaban J connectivity index is 1.35. The summed E-state index contributed by atoms with van der Waals surface area (Å²) in [5.41, 5.74) is 11.1. The first-order valence-electron chi connectivity index (χ1n) is 15.9. The molecule has 0 atom stereocenters. The van der Waals surface area contributed by atoms with E-state index in [2.05, 4.69) is 167 Å². The van der Waals surface area contributed by atoms with Gasteiger partial charge in [0.15, 0.2) is 0 Å². The molecule has 0 saturated heterocycles. The zero-order valence-electron chi connectivity index (χ0n) is 25.6. The van der Waals surface area contributed by atoms with Crippen LogP contribution in [-0.2, 0) is 0 Å². The van der Waals surface area contributed by atoms with Crippen LogP contribution in [0.1, 0.15) is 0 Å². The van der Waals surface area contributed by atoms with Crippen LogP contribution in [0.3, 0.4) is 0 Å². The van der Waals surface area contributed by atoms with Gasteiger partial charge in [0.05, 0.1) is 16.7 Å². The summed E-state index contributed by atoms with van der Waals surface area (Å²) in [6, 6.07) is 60.1. The normalized spacial score (nSPS) is 11.4. The molecule has 0 unspecified atom stereocenters. The minimum atomic E-state index is 0.924. The van der Waals surface area contributed by atoms with Crippen molar-refractivity contribution >= 4 is 32.6 Å². The molecule has 3 heteroatoms. The van der Waals surface area contributed by atoms with Gasteiger partial charge >= 0.3 is 0 Å². The van der Waals surface area contributed by atoms with E-state index in [9.17, 15) is 0 Å². The van der Waals surface area contributed by atoms with Gasteiger partial charge in [0.2, 0.25) is 0 Å². The third-order valence-electron chi connectivity index (χ3n) is 9.06. The van der Waals surface area contributed by atoms with Gasteiger partial charge in [0.25, 0.3) is 0 Å². The fraction of sp³-hybridized carbons (Fsp3) is 0. The molecule has 9 rings (SSSR count). The van der Waals surface area contributed by atoms with Crippen molar-refractivity contribution in [2.45, 2.75) is 0 Å². The van der Waals surface area contributed by atoms with Crippen molar-refractivity contribution in [1.82, 2.24) is 14.5 Å². The van der Waals surface area contributed by atoms with Crippen LogP contribution in [0.25, 0.3) is 83.2 Å². The highest BCUT2D eigenvalue weighted by Crippen LogP contribution is 2.46. The van der Waals surface area contributed by atoms with Crippen molar-refractivity contribution in [3.63, 3.8) is 0 Å². The van der Waals surface area contributed by atoms with Gasteiger partial charge in [0.1, 0.15) is 5.82 Å². The minimum Gasteiger partial charge on any atom is -0.292 e. The lowest BCUT2D eigenvalue weighted by Crippen LogP contribution is -1.99. The number of fused-ring (bicyclic) bond motifs is 3. The predicted octanol–water partition coefficient (Wildman–Crippen LogP) is 11.4. The molecule has 2 aromatic heterocycles. The Kier molecular flexibility index (Phi) is 6.46. The van der Waals surface area contributed by atoms with Crippen molar-refractivity contribution in [3.8, 4) is 50.6 Å². The van der Waals surface area contributed by atoms with Crippen molar-refractivity contribution in [2.75, 3.05) is 0 Å². The molecule has 0 amide bonds. The Morgan fingerprint density at radius 2 is 1.02 bits per heavy atom. The summed E-state index contributed by atoms with van der Waals surface area (Å²) >= 11 is 0. The number of nitrogens with zero attached hydrogens (tertiary/aromatic N) is 3. The second-order valence-corrected chi connectivity index (χ2v) is 11.8. The molecule has 0 fully saturated rings. The fourth-order valence-electron chi connectivity index (χ4n) is 7.04. The quantitative estimate of drug-likeness (QED) is 0.184. The Morgan fingerprint density at radius 1 is 0.426 bits per heavy atom. The summed E-state index contributed by atoms with van der Waals surface area (Å²) in [6.07, 6.45) is 1.85. The summed E-state index contributed by atoms with van der Waals surface area (Å²) in [5, 5.41) is 4.84. The molecule has 0 aliphatic heterocycles. The van der Waals surface area contributed by atoms with E-state index >= 15 is 0 Å². The maximum Gasteiger partial charge on any atom is 0.146 e. The van der Waals surface area contributed by atoms with Crippen LogP contribution in [0.5, 0.6) is 0 Å². The molecule has 0 bridgehead atoms. The van der Waals surface area contributed by atoms with Crippen molar-refractivity contribution in [1.29, 1.82) is 0 Å². The van der Waals surface area contributed by atoms with Gasteiger partial charge in [-0.05, 0) is 86.3 Å². The van der Waals surface area contributed by atoms with Crippen molar-refractivity contribution in [2.24, 2.45) is 0 Å². The van der Waals surface area contributed by atoms with Crippen LogP contribution in [-0.4, -0.2) is 14.5 Å². The van der Waals surface area contributed by atoms with E-state index in [1.807, 2.05) is 18.3 Å². The van der Waals surface area contributed by atoms with E-state index < -0.39 is 0 Å². The standard InChI is InChI=1S/C44H29N3/c1-2-17-32(18-3-1)47-41-27-11-10-26-40(41)46-44(47)38-24-9-8-23-37(38)43-35-21-6-4-19-33(35)42(34-20-5-7-22-36(34)43)31-16-14-15-30(29-31)39-25-12-13-28-45-39/h1-29H. The number of para-hydroxylation sites is 3. The highest BCUT2D eigenvalue weighted by molar-refractivity contribution is 6.22. The van der Waals surface area contributed by atoms with Crippen LogP contribution in [0.2, 0.25) is 0 Å². The predicted molar refractivity (Wildman–Crippen MR) is 196 cm³/mol. The molecular weight excluding hydrogens is 571 g/mol. The van der Waals surface area contributed by atoms with Crippen molar-refractivity contribution in [3.05, 3.63) is 176 Å². The number of pyridine rings is 1. The zero-order valence-corrected chi connectivity index (χ0v) is 25.6. The Labute approximate surface area is 273 Å². The molecule has 47 heavy (non-hydrogen) atoms. The first-order chi connectivity index (χ1) is 23.3. The highest BCUT2D eigenvalue weighted by Gasteiger charge is 2.22. The molecule has 0 aliphatic rings. The van der Waals surface area contributed by atoms with Crippen LogP contribution in [0.4, 0.5) is 0 Å². The summed E-state index contributed by atoms with van der Waals surface area (Å²) in [6.45, 7) is 0. The molecule has 220 valence electrons. The van der Waals surface area contributed by atoms with Gasteiger partial charge in [-0.25, -0.2) is 4.98 Å². The lowest BCUT2D eigenvalue weighted by Gasteiger charge is -2.20. The Hall–Kier alpha value is -6.32. The van der Waals surface area contributed by atoms with Gasteiger partial charge in [-0.3, -0.25) is 9.55 Å². The molecule has 0 radical (unpaired) electrons. The van der Waals surface area contributed by atoms with Gasteiger partial charge in [0, 0.05) is 23.0 Å². The first-order valence-corrected chi connectivity index (χ1v) is 15.9. The molecule has 0 spiro atoms. The van der Waals surface area contributed by atoms with E-state index in [1.165, 1.54) is 38.2 Å². The molecule has 3 nitrogen and oxygen atoms in total. The van der Waals surface area contributed by atoms with Crippen LogP contribution >= 0.6 is 0 Å². The average Bonchev–Trinajstić information content (AvgIpc) is 3.54. The summed E-state index contributed by atoms with van der Waals surface area (Å²) in [4.78, 5) is 9.90. The monoisotopic (exact) mass is 599 g/mol. The van der Waals surface area contributed by atoms with Gasteiger partial charge in [-0.15, -0.1) is 0 Å². The molecule has 2 heterocycles. The lowest BCUT2D eigenvalue weighted by atomic mass is 9.84. The molecular formula is C44H29N3. The van der Waals surface area contributed by atoms with E-state index in [-0.39, 0.29) is 0 Å². The third kappa shape index (κ3) is 4.52. The number of rotatable bonds is 5. The summed E-state index contributed by atoms with van der Waals surface area (Å²) in [7, 11) is 0. The molecule has 0 aliphatic carbocycles. The van der Waals surface area contributed by atoms with E-state index in [4.69, 9.17) is 4.98 Å². The maximum absolute atomic E-state index is 5.27. The van der Waals surface area contributed by atoms with E-state index in [1.54, 1.807) is 0 Å². The van der Waals surface area contributed by atoms with Crippen LogP contribution < -0.4 is 0 Å². The minimum absolute atomic E-state index is 0.924. The smallest absolute Gasteiger partial charge is 0.146 e. The largest absolute Gasteiger partial charge is 0.292 e. The SMILES string of the molecule is c1ccc(-n2c(-c3ccccc3-c3c4ccccc4c(-c4cccc(-c5ccccn5)c4)c4ccccc34)nc3ccccc32)cc1. The second-order valence-electron chi connectivity index (χ2n) is 11.8. The van der Waals surface area contributed by atoms with Gasteiger partial charge < -0.3 is 0 Å². The second kappa shape index (κ2) is 11.2. The van der Waals surface area contributed by atoms with Crippen molar-refractivity contribution < 1.29 is 0 Å². The molecule has 9 aromatic rings. The highest BCUT2D eigenvalue weighted by atomic mass is 15.1. The third-order valence-corrected chi connectivity index (χ3v) is 9.06. The number of hydrogen-bond acceptors (Lipinski definition) is 2. The van der Waals surface area contributed by atoms with Crippen LogP contribution in [0.15, 0.2) is 176 Å². The zero-order chi connectivity index (χ0) is 31.2. The average molecular weight is 600 g/mol. The summed E-state index contributed by atoms with van der Waals surface area (Å²) in [5.74, 6) is 0.924. The molecule has 0 N–H and O–H groups in total. The van der Waals surface area contributed by atoms with Crippen LogP contribution in [0, 0.1) is 0 Å².